The molecule has 0 radical (unpaired) electrons. The van der Waals surface area contributed by atoms with Gasteiger partial charge in [0.25, 0.3) is 0 Å². The predicted octanol–water partition coefficient (Wildman–Crippen LogP) is 5.43. The van der Waals surface area contributed by atoms with E-state index in [9.17, 15) is 9.18 Å². The minimum Gasteiger partial charge on any atom is -0.287 e. The summed E-state index contributed by atoms with van der Waals surface area (Å²) in [5, 5.41) is 5.97. The summed E-state index contributed by atoms with van der Waals surface area (Å²) in [7, 11) is 0. The minimum absolute atomic E-state index is 0.168. The van der Waals surface area contributed by atoms with E-state index in [2.05, 4.69) is 15.1 Å². The van der Waals surface area contributed by atoms with Gasteiger partial charge in [-0.25, -0.2) is 19.0 Å². The van der Waals surface area contributed by atoms with Gasteiger partial charge in [0.1, 0.15) is 5.82 Å². The minimum atomic E-state index is -0.351. The van der Waals surface area contributed by atoms with E-state index in [0.29, 0.717) is 32.3 Å². The van der Waals surface area contributed by atoms with Crippen molar-refractivity contribution in [2.24, 2.45) is 0 Å². The predicted molar refractivity (Wildman–Crippen MR) is 117 cm³/mol. The second kappa shape index (κ2) is 8.95. The molecule has 0 aliphatic carbocycles. The van der Waals surface area contributed by atoms with Gasteiger partial charge in [-0.05, 0) is 48.0 Å². The lowest BCUT2D eigenvalue weighted by Gasteiger charge is -2.08. The molecule has 0 saturated carbocycles. The van der Waals surface area contributed by atoms with Gasteiger partial charge in [-0.15, -0.1) is 0 Å². The van der Waals surface area contributed by atoms with Gasteiger partial charge in [0.15, 0.2) is 10.9 Å². The molecule has 2 heterocycles. The first-order valence-corrected chi connectivity index (χ1v) is 10.5. The highest BCUT2D eigenvalue weighted by molar-refractivity contribution is 7.98. The standard InChI is InChI=1S/C21H13Cl2FN4OS/c22-16-2-1-3-17(23)15(16)12-30-21-25-10-8-18(26-21)20-19(29)9-11-28(27-20)14-6-4-13(24)5-7-14/h1-11H,12H2. The average Bonchev–Trinajstić information content (AvgIpc) is 2.75. The monoisotopic (exact) mass is 458 g/mol. The van der Waals surface area contributed by atoms with Crippen LogP contribution in [0.2, 0.25) is 10.0 Å². The molecule has 4 aromatic rings. The maximum Gasteiger partial charge on any atom is 0.209 e. The van der Waals surface area contributed by atoms with Crippen molar-refractivity contribution in [2.45, 2.75) is 10.9 Å². The Kier molecular flexibility index (Phi) is 6.13. The third kappa shape index (κ3) is 4.53. The van der Waals surface area contributed by atoms with Crippen LogP contribution in [0.25, 0.3) is 17.1 Å². The van der Waals surface area contributed by atoms with Crippen LogP contribution in [-0.2, 0) is 5.75 Å². The molecule has 0 aliphatic heterocycles. The van der Waals surface area contributed by atoms with E-state index >= 15 is 0 Å². The third-order valence-corrected chi connectivity index (χ3v) is 5.78. The summed E-state index contributed by atoms with van der Waals surface area (Å²) in [4.78, 5) is 21.1. The number of aromatic nitrogens is 4. The van der Waals surface area contributed by atoms with E-state index in [1.807, 2.05) is 0 Å². The first-order chi connectivity index (χ1) is 14.5. The molecule has 150 valence electrons. The molecular weight excluding hydrogens is 446 g/mol. The van der Waals surface area contributed by atoms with Crippen LogP contribution in [0.3, 0.4) is 0 Å². The van der Waals surface area contributed by atoms with Crippen molar-refractivity contribution in [2.75, 3.05) is 0 Å². The van der Waals surface area contributed by atoms with Gasteiger partial charge in [0, 0.05) is 34.3 Å². The molecule has 0 N–H and O–H groups in total. The van der Waals surface area contributed by atoms with E-state index in [1.165, 1.54) is 40.8 Å². The Morgan fingerprint density at radius 3 is 2.47 bits per heavy atom. The van der Waals surface area contributed by atoms with Gasteiger partial charge in [-0.2, -0.15) is 5.10 Å². The van der Waals surface area contributed by atoms with Gasteiger partial charge in [0.05, 0.1) is 11.4 Å². The van der Waals surface area contributed by atoms with Crippen LogP contribution in [0.5, 0.6) is 0 Å². The molecule has 0 fully saturated rings. The second-order valence-electron chi connectivity index (χ2n) is 6.16. The molecule has 0 saturated heterocycles. The highest BCUT2D eigenvalue weighted by Crippen LogP contribution is 2.30. The molecular formula is C21H13Cl2FN4OS. The van der Waals surface area contributed by atoms with Gasteiger partial charge < -0.3 is 0 Å². The molecule has 2 aromatic carbocycles. The van der Waals surface area contributed by atoms with E-state index in [0.717, 1.165) is 5.56 Å². The van der Waals surface area contributed by atoms with Crippen molar-refractivity contribution in [3.8, 4) is 17.1 Å². The van der Waals surface area contributed by atoms with Gasteiger partial charge >= 0.3 is 0 Å². The smallest absolute Gasteiger partial charge is 0.209 e. The Labute approximate surface area is 185 Å². The van der Waals surface area contributed by atoms with Crippen LogP contribution in [0.4, 0.5) is 4.39 Å². The Balaban J connectivity index is 1.63. The highest BCUT2D eigenvalue weighted by Gasteiger charge is 2.12. The Bertz CT molecular complexity index is 1240. The van der Waals surface area contributed by atoms with Crippen LogP contribution in [0.15, 0.2) is 76.9 Å². The fourth-order valence-corrected chi connectivity index (χ4v) is 4.24. The molecule has 9 heteroatoms. The normalized spacial score (nSPS) is 10.9. The molecule has 5 nitrogen and oxygen atoms in total. The van der Waals surface area contributed by atoms with E-state index in [4.69, 9.17) is 23.2 Å². The molecule has 0 atom stereocenters. The number of benzene rings is 2. The van der Waals surface area contributed by atoms with Crippen LogP contribution in [0.1, 0.15) is 5.56 Å². The summed E-state index contributed by atoms with van der Waals surface area (Å²) < 4.78 is 14.7. The van der Waals surface area contributed by atoms with Crippen molar-refractivity contribution < 1.29 is 4.39 Å². The number of hydrogen-bond donors (Lipinski definition) is 0. The van der Waals surface area contributed by atoms with Gasteiger partial charge in [-0.1, -0.05) is 41.0 Å². The van der Waals surface area contributed by atoms with Gasteiger partial charge in [-0.3, -0.25) is 4.79 Å². The summed E-state index contributed by atoms with van der Waals surface area (Å²) in [5.41, 5.74) is 1.68. The van der Waals surface area contributed by atoms with Crippen LogP contribution >= 0.6 is 35.0 Å². The molecule has 0 amide bonds. The quantitative estimate of drug-likeness (QED) is 0.294. The van der Waals surface area contributed by atoms with Crippen molar-refractivity contribution in [1.29, 1.82) is 0 Å². The number of hydrogen-bond acceptors (Lipinski definition) is 5. The third-order valence-electron chi connectivity index (χ3n) is 4.18. The topological polar surface area (TPSA) is 60.7 Å². The molecule has 4 rings (SSSR count). The lowest BCUT2D eigenvalue weighted by Crippen LogP contribution is -2.13. The summed E-state index contributed by atoms with van der Waals surface area (Å²) in [5.74, 6) is 0.125. The zero-order valence-corrected chi connectivity index (χ0v) is 17.6. The number of nitrogens with zero attached hydrogens (tertiary/aromatic N) is 4. The highest BCUT2D eigenvalue weighted by atomic mass is 35.5. The molecule has 0 unspecified atom stereocenters. The lowest BCUT2D eigenvalue weighted by molar-refractivity contribution is 0.627. The molecule has 2 aromatic heterocycles. The van der Waals surface area contributed by atoms with Crippen LogP contribution < -0.4 is 5.43 Å². The Morgan fingerprint density at radius 1 is 1.00 bits per heavy atom. The molecule has 30 heavy (non-hydrogen) atoms. The zero-order chi connectivity index (χ0) is 21.1. The average molecular weight is 459 g/mol. The first kappa shape index (κ1) is 20.5. The number of thioether (sulfide) groups is 1. The van der Waals surface area contributed by atoms with Gasteiger partial charge in [0.2, 0.25) is 5.43 Å². The maximum absolute atomic E-state index is 13.2. The largest absolute Gasteiger partial charge is 0.287 e. The van der Waals surface area contributed by atoms with Crippen LogP contribution in [0, 0.1) is 5.82 Å². The van der Waals surface area contributed by atoms with E-state index in [1.54, 1.807) is 42.6 Å². The molecule has 0 bridgehead atoms. The number of rotatable bonds is 5. The SMILES string of the molecule is O=c1ccn(-c2ccc(F)cc2)nc1-c1ccnc(SCc2c(Cl)cccc2Cl)n1. The summed E-state index contributed by atoms with van der Waals surface area (Å²) in [6.45, 7) is 0. The Hall–Kier alpha value is -2.74. The first-order valence-electron chi connectivity index (χ1n) is 8.76. The molecule has 0 aliphatic rings. The van der Waals surface area contributed by atoms with Crippen LogP contribution in [-0.4, -0.2) is 19.7 Å². The summed E-state index contributed by atoms with van der Waals surface area (Å²) >= 11 is 13.8. The Morgan fingerprint density at radius 2 is 1.73 bits per heavy atom. The van der Waals surface area contributed by atoms with Crippen molar-refractivity contribution >= 4 is 35.0 Å². The van der Waals surface area contributed by atoms with E-state index < -0.39 is 0 Å². The number of halogens is 3. The summed E-state index contributed by atoms with van der Waals surface area (Å²) in [6, 6.07) is 14.1. The zero-order valence-electron chi connectivity index (χ0n) is 15.3. The van der Waals surface area contributed by atoms with E-state index in [-0.39, 0.29) is 16.9 Å². The van der Waals surface area contributed by atoms with Crippen molar-refractivity contribution in [1.82, 2.24) is 19.7 Å². The fourth-order valence-electron chi connectivity index (χ4n) is 2.67. The fraction of sp³-hybridized carbons (Fsp3) is 0.0476. The second-order valence-corrected chi connectivity index (χ2v) is 7.92. The van der Waals surface area contributed by atoms with Crippen molar-refractivity contribution in [3.05, 3.63) is 98.6 Å². The van der Waals surface area contributed by atoms with Crippen molar-refractivity contribution in [3.63, 3.8) is 0 Å². The lowest BCUT2D eigenvalue weighted by atomic mass is 10.2. The molecule has 0 spiro atoms. The summed E-state index contributed by atoms with van der Waals surface area (Å²) in [6.07, 6.45) is 3.09. The maximum atomic E-state index is 13.2.